The highest BCUT2D eigenvalue weighted by atomic mass is 16.6. The maximum absolute atomic E-state index is 11.4. The second-order valence-electron chi connectivity index (χ2n) is 6.53. The molecule has 0 unspecified atom stereocenters. The summed E-state index contributed by atoms with van der Waals surface area (Å²) in [4.78, 5) is 26.5. The molecule has 0 aromatic heterocycles. The fourth-order valence-corrected chi connectivity index (χ4v) is 2.94. The summed E-state index contributed by atoms with van der Waals surface area (Å²) in [5.74, 6) is -0.504. The van der Waals surface area contributed by atoms with Crippen molar-refractivity contribution in [2.45, 2.75) is 6.54 Å². The monoisotopic (exact) mass is 400 g/mol. The molecule has 0 atom stereocenters. The van der Waals surface area contributed by atoms with Gasteiger partial charge in [-0.15, -0.1) is 0 Å². The van der Waals surface area contributed by atoms with Crippen molar-refractivity contribution >= 4 is 23.5 Å². The number of aliphatic imine (C=N–C) groups is 1. The smallest absolute Gasteiger partial charge is 0.278 e. The van der Waals surface area contributed by atoms with E-state index < -0.39 is 10.8 Å². The molecule has 30 heavy (non-hydrogen) atoms. The van der Waals surface area contributed by atoms with Gasteiger partial charge in [0.05, 0.1) is 17.0 Å². The lowest BCUT2D eigenvalue weighted by Crippen LogP contribution is -2.10. The Kier molecular flexibility index (Phi) is 6.34. The molecular formula is C23H20N4O3. The number of allylic oxidation sites excluding steroid dienone is 1. The largest absolute Gasteiger partial charge is 0.398 e. The maximum atomic E-state index is 11.4. The Morgan fingerprint density at radius 1 is 0.967 bits per heavy atom. The topological polar surface area (TPSA) is 125 Å². The number of primary amides is 1. The van der Waals surface area contributed by atoms with Crippen LogP contribution in [0.25, 0.3) is 16.8 Å². The van der Waals surface area contributed by atoms with Crippen molar-refractivity contribution in [2.24, 2.45) is 16.5 Å². The average Bonchev–Trinajstić information content (AvgIpc) is 2.77. The Balaban J connectivity index is 1.84. The van der Waals surface area contributed by atoms with E-state index >= 15 is 0 Å². The summed E-state index contributed by atoms with van der Waals surface area (Å²) in [6, 6.07) is 21.2. The molecular weight excluding hydrogens is 380 g/mol. The predicted molar refractivity (Wildman–Crippen MR) is 118 cm³/mol. The Hall–Kier alpha value is -4.26. The number of nitrogens with zero attached hydrogens (tertiary/aromatic N) is 2. The molecule has 7 nitrogen and oxygen atoms in total. The summed E-state index contributed by atoms with van der Waals surface area (Å²) in [6.45, 7) is 0.317. The summed E-state index contributed by atoms with van der Waals surface area (Å²) in [7, 11) is 0. The third kappa shape index (κ3) is 4.96. The van der Waals surface area contributed by atoms with Gasteiger partial charge in [-0.05, 0) is 47.0 Å². The van der Waals surface area contributed by atoms with Gasteiger partial charge in [0.15, 0.2) is 0 Å². The minimum Gasteiger partial charge on any atom is -0.398 e. The predicted octanol–water partition coefficient (Wildman–Crippen LogP) is 3.93. The number of benzene rings is 3. The summed E-state index contributed by atoms with van der Waals surface area (Å²) >= 11 is 0. The summed E-state index contributed by atoms with van der Waals surface area (Å²) < 4.78 is 0. The fourth-order valence-electron chi connectivity index (χ4n) is 2.94. The third-order valence-corrected chi connectivity index (χ3v) is 4.46. The maximum Gasteiger partial charge on any atom is 0.278 e. The van der Waals surface area contributed by atoms with Gasteiger partial charge >= 0.3 is 0 Å². The lowest BCUT2D eigenvalue weighted by Gasteiger charge is -2.07. The van der Waals surface area contributed by atoms with Crippen molar-refractivity contribution in [1.29, 1.82) is 0 Å². The molecule has 0 spiro atoms. The van der Waals surface area contributed by atoms with Crippen LogP contribution in [0, 0.1) is 10.1 Å². The van der Waals surface area contributed by atoms with Gasteiger partial charge in [-0.3, -0.25) is 19.9 Å². The van der Waals surface area contributed by atoms with Gasteiger partial charge < -0.3 is 11.5 Å². The van der Waals surface area contributed by atoms with E-state index in [2.05, 4.69) is 4.99 Å². The van der Waals surface area contributed by atoms with E-state index in [1.807, 2.05) is 36.4 Å². The Morgan fingerprint density at radius 3 is 2.43 bits per heavy atom. The number of hydrogen-bond donors (Lipinski definition) is 2. The van der Waals surface area contributed by atoms with Crippen molar-refractivity contribution in [2.75, 3.05) is 0 Å². The Labute approximate surface area is 173 Å². The lowest BCUT2D eigenvalue weighted by atomic mass is 10.0. The van der Waals surface area contributed by atoms with Crippen LogP contribution in [-0.2, 0) is 6.54 Å². The second kappa shape index (κ2) is 9.29. The van der Waals surface area contributed by atoms with Crippen LogP contribution in [0.3, 0.4) is 0 Å². The van der Waals surface area contributed by atoms with Crippen LogP contribution in [0.2, 0.25) is 0 Å². The molecule has 1 amide bonds. The molecule has 0 saturated heterocycles. The molecule has 4 N–H and O–H groups in total. The fraction of sp³-hybridized carbons (Fsp3) is 0.0435. The lowest BCUT2D eigenvalue weighted by molar-refractivity contribution is -0.385. The molecule has 150 valence electrons. The number of hydrogen-bond acceptors (Lipinski definition) is 5. The van der Waals surface area contributed by atoms with E-state index in [1.54, 1.807) is 30.3 Å². The Morgan fingerprint density at radius 2 is 1.73 bits per heavy atom. The number of nitrogens with two attached hydrogens (primary N) is 2. The minimum absolute atomic E-state index is 0.0778. The van der Waals surface area contributed by atoms with Crippen molar-refractivity contribution in [3.63, 3.8) is 0 Å². The zero-order chi connectivity index (χ0) is 21.5. The zero-order valence-corrected chi connectivity index (χ0v) is 16.1. The average molecular weight is 400 g/mol. The highest BCUT2D eigenvalue weighted by molar-refractivity contribution is 5.93. The molecule has 0 fully saturated rings. The molecule has 0 radical (unpaired) electrons. The first kappa shape index (κ1) is 20.5. The van der Waals surface area contributed by atoms with E-state index in [9.17, 15) is 14.9 Å². The van der Waals surface area contributed by atoms with E-state index in [0.29, 0.717) is 17.7 Å². The van der Waals surface area contributed by atoms with E-state index in [0.717, 1.165) is 16.7 Å². The molecule has 0 saturated carbocycles. The van der Waals surface area contributed by atoms with Gasteiger partial charge in [-0.2, -0.15) is 0 Å². The third-order valence-electron chi connectivity index (χ3n) is 4.46. The van der Waals surface area contributed by atoms with Crippen molar-refractivity contribution in [3.8, 4) is 11.1 Å². The quantitative estimate of drug-likeness (QED) is 0.354. The minimum atomic E-state index is -0.504. The number of amides is 1. The first-order valence-electron chi connectivity index (χ1n) is 9.14. The van der Waals surface area contributed by atoms with E-state index in [1.165, 1.54) is 18.4 Å². The highest BCUT2D eigenvalue weighted by Crippen LogP contribution is 2.29. The van der Waals surface area contributed by atoms with Crippen LogP contribution in [0.1, 0.15) is 21.5 Å². The molecule has 3 rings (SSSR count). The number of nitro benzene ring substituents is 1. The van der Waals surface area contributed by atoms with Crippen LogP contribution in [0.15, 0.2) is 83.9 Å². The first-order valence-corrected chi connectivity index (χ1v) is 9.14. The SMILES string of the molecule is NC(=O)c1cccc(CN=C/C=C(\N)c2cc(-c3ccccc3)ccc2[N+](=O)[O-])c1. The molecule has 3 aromatic rings. The molecule has 0 aliphatic carbocycles. The van der Waals surface area contributed by atoms with Crippen LogP contribution in [0.4, 0.5) is 5.69 Å². The molecule has 0 aliphatic rings. The molecule has 7 heteroatoms. The summed E-state index contributed by atoms with van der Waals surface area (Å²) in [5.41, 5.74) is 14.9. The normalized spacial score (nSPS) is 11.5. The van der Waals surface area contributed by atoms with E-state index in [-0.39, 0.29) is 11.4 Å². The number of carbonyl (C=O) groups excluding carboxylic acids is 1. The van der Waals surface area contributed by atoms with Gasteiger partial charge in [0.2, 0.25) is 5.91 Å². The second-order valence-corrected chi connectivity index (χ2v) is 6.53. The van der Waals surface area contributed by atoms with Crippen LogP contribution in [0.5, 0.6) is 0 Å². The molecule has 0 bridgehead atoms. The molecule has 0 heterocycles. The van der Waals surface area contributed by atoms with Crippen LogP contribution >= 0.6 is 0 Å². The van der Waals surface area contributed by atoms with E-state index in [4.69, 9.17) is 11.5 Å². The number of carbonyl (C=O) groups is 1. The van der Waals surface area contributed by atoms with Gasteiger partial charge in [0, 0.05) is 23.5 Å². The highest BCUT2D eigenvalue weighted by Gasteiger charge is 2.16. The summed E-state index contributed by atoms with van der Waals surface area (Å²) in [6.07, 6.45) is 3.01. The van der Waals surface area contributed by atoms with Crippen LogP contribution < -0.4 is 11.5 Å². The van der Waals surface area contributed by atoms with Crippen molar-refractivity contribution < 1.29 is 9.72 Å². The molecule has 3 aromatic carbocycles. The van der Waals surface area contributed by atoms with Gasteiger partial charge in [-0.25, -0.2) is 0 Å². The standard InChI is InChI=1S/C23H20N4O3/c24-21(11-12-26-15-16-5-4-8-19(13-16)23(25)28)20-14-18(9-10-22(20)27(29)30)17-6-2-1-3-7-17/h1-14H,15,24H2,(H2,25,28)/b21-11-,26-12?. The zero-order valence-electron chi connectivity index (χ0n) is 16.1. The molecule has 0 aliphatic heterocycles. The van der Waals surface area contributed by atoms with Gasteiger partial charge in [0.25, 0.3) is 5.69 Å². The number of nitro groups is 1. The van der Waals surface area contributed by atoms with Gasteiger partial charge in [-0.1, -0.05) is 42.5 Å². The van der Waals surface area contributed by atoms with Crippen molar-refractivity contribution in [3.05, 3.63) is 106 Å². The van der Waals surface area contributed by atoms with Gasteiger partial charge in [0.1, 0.15) is 0 Å². The first-order chi connectivity index (χ1) is 14.5. The van der Waals surface area contributed by atoms with Crippen LogP contribution in [-0.4, -0.2) is 17.0 Å². The Bertz CT molecular complexity index is 1140. The van der Waals surface area contributed by atoms with Crippen molar-refractivity contribution in [1.82, 2.24) is 0 Å². The number of rotatable bonds is 7. The summed E-state index contributed by atoms with van der Waals surface area (Å²) in [5, 5.41) is 11.4.